The lowest BCUT2D eigenvalue weighted by Crippen LogP contribution is -2.49. The molecule has 0 aliphatic carbocycles. The number of hydrogen-bond donors (Lipinski definition) is 1. The number of likely N-dealkylation sites (tertiary alicyclic amines) is 1. The topological polar surface area (TPSA) is 55.6 Å². The Morgan fingerprint density at radius 1 is 1.28 bits per heavy atom. The minimum atomic E-state index is -0.354. The van der Waals surface area contributed by atoms with E-state index < -0.39 is 0 Å². The van der Waals surface area contributed by atoms with Crippen molar-refractivity contribution in [2.75, 3.05) is 13.1 Å². The van der Waals surface area contributed by atoms with Crippen molar-refractivity contribution in [3.05, 3.63) is 71.0 Å². The number of hydrogen-bond acceptors (Lipinski definition) is 3. The summed E-state index contributed by atoms with van der Waals surface area (Å²) in [4.78, 5) is 13.9. The second-order valence-electron chi connectivity index (χ2n) is 6.55. The summed E-state index contributed by atoms with van der Waals surface area (Å²) in [6, 6.07) is 14.6. The molecule has 0 aromatic heterocycles. The van der Waals surface area contributed by atoms with Crippen LogP contribution in [0.1, 0.15) is 29.0 Å². The quantitative estimate of drug-likeness (QED) is 0.927. The summed E-state index contributed by atoms with van der Waals surface area (Å²) >= 11 is 0. The molecule has 1 saturated heterocycles. The van der Waals surface area contributed by atoms with Crippen LogP contribution < -0.4 is 5.73 Å². The zero-order valence-electron chi connectivity index (χ0n) is 14.3. The highest BCUT2D eigenvalue weighted by molar-refractivity contribution is 5.68. The van der Waals surface area contributed by atoms with Crippen molar-refractivity contribution in [3.8, 4) is 0 Å². The number of rotatable bonds is 3. The SMILES string of the molecule is Cc1ccc(C2CCN(C(=O)OCc3ccccc3)CC2N)cc1F. The fraction of sp³-hybridized carbons (Fsp3) is 0.350. The fourth-order valence-electron chi connectivity index (χ4n) is 3.21. The van der Waals surface area contributed by atoms with Gasteiger partial charge in [-0.25, -0.2) is 9.18 Å². The number of piperidine rings is 1. The molecule has 25 heavy (non-hydrogen) atoms. The van der Waals surface area contributed by atoms with Crippen molar-refractivity contribution < 1.29 is 13.9 Å². The summed E-state index contributed by atoms with van der Waals surface area (Å²) in [6.07, 6.45) is 0.345. The molecule has 4 nitrogen and oxygen atoms in total. The van der Waals surface area contributed by atoms with Crippen LogP contribution in [0.4, 0.5) is 9.18 Å². The highest BCUT2D eigenvalue weighted by Crippen LogP contribution is 2.28. The number of benzene rings is 2. The van der Waals surface area contributed by atoms with E-state index in [1.54, 1.807) is 24.0 Å². The lowest BCUT2D eigenvalue weighted by atomic mass is 9.85. The van der Waals surface area contributed by atoms with Crippen LogP contribution in [-0.4, -0.2) is 30.1 Å². The van der Waals surface area contributed by atoms with Gasteiger partial charge < -0.3 is 15.4 Å². The molecule has 132 valence electrons. The first kappa shape index (κ1) is 17.4. The highest BCUT2D eigenvalue weighted by Gasteiger charge is 2.31. The second-order valence-corrected chi connectivity index (χ2v) is 6.55. The molecule has 0 saturated carbocycles. The molecule has 2 aromatic rings. The molecular weight excluding hydrogens is 319 g/mol. The number of aryl methyl sites for hydroxylation is 1. The summed E-state index contributed by atoms with van der Waals surface area (Å²) in [5.41, 5.74) is 8.73. The fourth-order valence-corrected chi connectivity index (χ4v) is 3.21. The zero-order chi connectivity index (χ0) is 17.8. The van der Waals surface area contributed by atoms with Crippen molar-refractivity contribution in [1.82, 2.24) is 4.90 Å². The van der Waals surface area contributed by atoms with Crippen LogP contribution >= 0.6 is 0 Å². The number of ether oxygens (including phenoxy) is 1. The molecular formula is C20H23FN2O2. The van der Waals surface area contributed by atoms with E-state index in [1.165, 1.54) is 0 Å². The lowest BCUT2D eigenvalue weighted by molar-refractivity contribution is 0.0831. The minimum absolute atomic E-state index is 0.0493. The Kier molecular flexibility index (Phi) is 5.34. The Bertz CT molecular complexity index is 736. The molecule has 5 heteroatoms. The third-order valence-corrected chi connectivity index (χ3v) is 4.75. The van der Waals surface area contributed by atoms with Crippen molar-refractivity contribution in [2.45, 2.75) is 31.9 Å². The first-order chi connectivity index (χ1) is 12.0. The van der Waals surface area contributed by atoms with Gasteiger partial charge in [-0.15, -0.1) is 0 Å². The van der Waals surface area contributed by atoms with Crippen LogP contribution in [0.25, 0.3) is 0 Å². The van der Waals surface area contributed by atoms with Gasteiger partial charge in [-0.3, -0.25) is 0 Å². The van der Waals surface area contributed by atoms with Crippen LogP contribution in [0, 0.1) is 12.7 Å². The molecule has 0 spiro atoms. The Balaban J connectivity index is 1.57. The molecule has 1 aliphatic heterocycles. The van der Waals surface area contributed by atoms with Crippen molar-refractivity contribution in [1.29, 1.82) is 0 Å². The molecule has 3 rings (SSSR count). The molecule has 1 heterocycles. The Morgan fingerprint density at radius 2 is 2.04 bits per heavy atom. The van der Waals surface area contributed by atoms with Gasteiger partial charge in [0.2, 0.25) is 0 Å². The molecule has 1 fully saturated rings. The van der Waals surface area contributed by atoms with E-state index in [2.05, 4.69) is 0 Å². The van der Waals surface area contributed by atoms with Crippen LogP contribution in [0.3, 0.4) is 0 Å². The van der Waals surface area contributed by atoms with E-state index in [4.69, 9.17) is 10.5 Å². The summed E-state index contributed by atoms with van der Waals surface area (Å²) in [5, 5.41) is 0. The van der Waals surface area contributed by atoms with E-state index in [1.807, 2.05) is 36.4 Å². The van der Waals surface area contributed by atoms with Gasteiger partial charge in [-0.2, -0.15) is 0 Å². The van der Waals surface area contributed by atoms with E-state index in [9.17, 15) is 9.18 Å². The average molecular weight is 342 g/mol. The highest BCUT2D eigenvalue weighted by atomic mass is 19.1. The molecule has 0 radical (unpaired) electrons. The molecule has 2 unspecified atom stereocenters. The molecule has 0 bridgehead atoms. The molecule has 2 N–H and O–H groups in total. The van der Waals surface area contributed by atoms with Crippen LogP contribution in [-0.2, 0) is 11.3 Å². The average Bonchev–Trinajstić information content (AvgIpc) is 2.63. The Morgan fingerprint density at radius 3 is 2.72 bits per heavy atom. The number of nitrogens with zero attached hydrogens (tertiary/aromatic N) is 1. The number of halogens is 1. The van der Waals surface area contributed by atoms with Crippen molar-refractivity contribution in [2.24, 2.45) is 5.73 Å². The van der Waals surface area contributed by atoms with Crippen LogP contribution in [0.2, 0.25) is 0 Å². The maximum atomic E-state index is 13.8. The lowest BCUT2D eigenvalue weighted by Gasteiger charge is -2.36. The van der Waals surface area contributed by atoms with Gasteiger partial charge in [-0.05, 0) is 36.1 Å². The van der Waals surface area contributed by atoms with Gasteiger partial charge in [0, 0.05) is 25.0 Å². The third-order valence-electron chi connectivity index (χ3n) is 4.75. The first-order valence-electron chi connectivity index (χ1n) is 8.52. The van der Waals surface area contributed by atoms with Gasteiger partial charge in [0.05, 0.1) is 0 Å². The van der Waals surface area contributed by atoms with Gasteiger partial charge in [0.25, 0.3) is 0 Å². The van der Waals surface area contributed by atoms with E-state index in [0.29, 0.717) is 25.1 Å². The van der Waals surface area contributed by atoms with Gasteiger partial charge >= 0.3 is 6.09 Å². The zero-order valence-corrected chi connectivity index (χ0v) is 14.3. The summed E-state index contributed by atoms with van der Waals surface area (Å²) in [6.45, 7) is 2.96. The predicted molar refractivity (Wildman–Crippen MR) is 94.7 cm³/mol. The van der Waals surface area contributed by atoms with Crippen molar-refractivity contribution >= 4 is 6.09 Å². The van der Waals surface area contributed by atoms with E-state index >= 15 is 0 Å². The Hall–Kier alpha value is -2.40. The first-order valence-corrected chi connectivity index (χ1v) is 8.52. The number of carbonyl (C=O) groups is 1. The number of carbonyl (C=O) groups excluding carboxylic acids is 1. The van der Waals surface area contributed by atoms with E-state index in [-0.39, 0.29) is 30.5 Å². The smallest absolute Gasteiger partial charge is 0.410 e. The summed E-state index contributed by atoms with van der Waals surface area (Å²) in [7, 11) is 0. The van der Waals surface area contributed by atoms with E-state index in [0.717, 1.165) is 11.1 Å². The Labute approximate surface area is 147 Å². The van der Waals surface area contributed by atoms with Gasteiger partial charge in [0.1, 0.15) is 12.4 Å². The molecule has 1 aliphatic rings. The minimum Gasteiger partial charge on any atom is -0.445 e. The second kappa shape index (κ2) is 7.66. The van der Waals surface area contributed by atoms with Crippen molar-refractivity contribution in [3.63, 3.8) is 0 Å². The van der Waals surface area contributed by atoms with Crippen LogP contribution in [0.5, 0.6) is 0 Å². The summed E-state index contributed by atoms with van der Waals surface area (Å²) in [5.74, 6) is -0.164. The molecule has 2 atom stereocenters. The predicted octanol–water partition coefficient (Wildman–Crippen LogP) is 3.59. The van der Waals surface area contributed by atoms with Crippen LogP contribution in [0.15, 0.2) is 48.5 Å². The standard InChI is InChI=1S/C20H23FN2O2/c1-14-7-8-16(11-18(14)21)17-9-10-23(12-19(17)22)20(24)25-13-15-5-3-2-4-6-15/h2-8,11,17,19H,9-10,12-13,22H2,1H3. The third kappa shape index (κ3) is 4.17. The van der Waals surface area contributed by atoms with Gasteiger partial charge in [-0.1, -0.05) is 42.5 Å². The van der Waals surface area contributed by atoms with Gasteiger partial charge in [0.15, 0.2) is 0 Å². The summed E-state index contributed by atoms with van der Waals surface area (Å²) < 4.78 is 19.2. The largest absolute Gasteiger partial charge is 0.445 e. The monoisotopic (exact) mass is 342 g/mol. The number of amides is 1. The number of nitrogens with two attached hydrogens (primary N) is 1. The molecule has 2 aromatic carbocycles. The normalized spacial score (nSPS) is 20.4. The molecule has 1 amide bonds. The maximum absolute atomic E-state index is 13.8. The maximum Gasteiger partial charge on any atom is 0.410 e.